The van der Waals surface area contributed by atoms with E-state index in [1.54, 1.807) is 7.11 Å². The van der Waals surface area contributed by atoms with Gasteiger partial charge in [-0.1, -0.05) is 133 Å². The summed E-state index contributed by atoms with van der Waals surface area (Å²) < 4.78 is 38.9. The first-order chi connectivity index (χ1) is 27.8. The Labute approximate surface area is 350 Å². The average Bonchev–Trinajstić information content (AvgIpc) is 3.22. The minimum atomic E-state index is -2.84. The number of carbonyl (C=O) groups excluding carboxylic acids is 1. The van der Waals surface area contributed by atoms with Crippen LogP contribution in [0.15, 0.2) is 109 Å². The van der Waals surface area contributed by atoms with Gasteiger partial charge in [-0.2, -0.15) is 0 Å². The summed E-state index contributed by atoms with van der Waals surface area (Å²) in [5.74, 6) is 0.380. The van der Waals surface area contributed by atoms with E-state index in [2.05, 4.69) is 109 Å². The van der Waals surface area contributed by atoms with E-state index < -0.39 is 16.6 Å². The van der Waals surface area contributed by atoms with Gasteiger partial charge in [0.25, 0.3) is 8.32 Å². The highest BCUT2D eigenvalue weighted by Crippen LogP contribution is 2.41. The third-order valence-corrected chi connectivity index (χ3v) is 22.0. The number of esters is 1. The van der Waals surface area contributed by atoms with Gasteiger partial charge in [-0.05, 0) is 76.9 Å². The molecule has 3 aromatic carbocycles. The molecular formula is C48H69NO7Si2. The van der Waals surface area contributed by atoms with Gasteiger partial charge in [-0.25, -0.2) is 4.79 Å². The molecule has 2 aliphatic heterocycles. The monoisotopic (exact) mass is 827 g/mol. The van der Waals surface area contributed by atoms with E-state index in [4.69, 9.17) is 33.5 Å². The van der Waals surface area contributed by atoms with Crippen molar-refractivity contribution in [2.24, 2.45) is 5.73 Å². The van der Waals surface area contributed by atoms with Crippen LogP contribution in [0.5, 0.6) is 5.75 Å². The fourth-order valence-electron chi connectivity index (χ4n) is 8.82. The van der Waals surface area contributed by atoms with Crippen LogP contribution in [0.2, 0.25) is 23.2 Å². The molecule has 0 saturated carbocycles. The topological polar surface area (TPSA) is 98.5 Å². The van der Waals surface area contributed by atoms with E-state index in [-0.39, 0.29) is 54.2 Å². The molecule has 0 radical (unpaired) electrons. The molecule has 0 amide bonds. The summed E-state index contributed by atoms with van der Waals surface area (Å²) in [6.07, 6.45) is 6.98. The van der Waals surface area contributed by atoms with Gasteiger partial charge in [0.15, 0.2) is 8.32 Å². The van der Waals surface area contributed by atoms with Crippen LogP contribution in [0.1, 0.15) is 85.6 Å². The Morgan fingerprint density at radius 3 is 2.03 bits per heavy atom. The second kappa shape index (κ2) is 21.2. The number of hydrogen-bond acceptors (Lipinski definition) is 8. The smallest absolute Gasteiger partial charge is 0.330 e. The van der Waals surface area contributed by atoms with Crippen molar-refractivity contribution in [3.05, 3.63) is 115 Å². The predicted molar refractivity (Wildman–Crippen MR) is 240 cm³/mol. The Bertz CT molecular complexity index is 1700. The number of benzene rings is 3. The summed E-state index contributed by atoms with van der Waals surface area (Å²) in [6.45, 7) is 18.8. The Balaban J connectivity index is 1.32. The highest BCUT2D eigenvalue weighted by atomic mass is 28.4. The van der Waals surface area contributed by atoms with Crippen LogP contribution in [0, 0.1) is 0 Å². The average molecular weight is 828 g/mol. The van der Waals surface area contributed by atoms with Gasteiger partial charge in [-0.3, -0.25) is 0 Å². The number of methoxy groups -OCH3 is 1. The van der Waals surface area contributed by atoms with Crippen molar-refractivity contribution in [3.63, 3.8) is 0 Å². The van der Waals surface area contributed by atoms with E-state index in [0.717, 1.165) is 54.3 Å². The van der Waals surface area contributed by atoms with Gasteiger partial charge >= 0.3 is 5.97 Å². The maximum atomic E-state index is 12.5. The quantitative estimate of drug-likeness (QED) is 0.0554. The predicted octanol–water partition coefficient (Wildman–Crippen LogP) is 9.02. The minimum absolute atomic E-state index is 0.0771. The first-order valence-corrected chi connectivity index (χ1v) is 25.9. The van der Waals surface area contributed by atoms with Gasteiger partial charge in [0.1, 0.15) is 12.4 Å². The molecule has 6 atom stereocenters. The van der Waals surface area contributed by atoms with Crippen molar-refractivity contribution < 1.29 is 32.6 Å². The van der Waals surface area contributed by atoms with Crippen molar-refractivity contribution in [2.45, 2.75) is 146 Å². The molecule has 10 heteroatoms. The van der Waals surface area contributed by atoms with E-state index in [9.17, 15) is 4.79 Å². The number of hydrogen-bond donors (Lipinski definition) is 1. The summed E-state index contributed by atoms with van der Waals surface area (Å²) in [5, 5.41) is 2.36. The Morgan fingerprint density at radius 1 is 0.862 bits per heavy atom. The maximum Gasteiger partial charge on any atom is 0.330 e. The molecule has 2 heterocycles. The SMILES string of the molecule is C=C1C[C@H](C[C@@H]2C[C@H](O[Si](c3ccccc3)(c3ccccc3)C(C)(C)C)C[C@H]([C@H](N)CO[Si](CC)(CC)CC)O2)O[C@@H](C/C=C\C(=O)OCc2ccc(OC)cc2)C1. The summed E-state index contributed by atoms with van der Waals surface area (Å²) in [4.78, 5) is 12.5. The van der Waals surface area contributed by atoms with Crippen LogP contribution in [0.3, 0.4) is 0 Å². The standard InChI is InChI=1S/C48H69NO7Si2/c1-9-57(10-2,11-3)53-35-45(49)46-33-42(56-58(48(5,6)7,43-20-14-12-15-21-43)44-22-16-13-17-23-44)32-41(55-46)31-40-30-36(4)29-39(54-40)19-18-24-47(50)52-34-37-25-27-38(51-8)28-26-37/h12-18,20-28,39-42,45-46H,4,9-11,19,29-35,49H2,1-3,5-8H3/b24-18-/t39-,40+,41+,42-,45+,46+/m0/s1. The number of rotatable bonds is 19. The van der Waals surface area contributed by atoms with Gasteiger partial charge < -0.3 is 33.5 Å². The lowest BCUT2D eigenvalue weighted by molar-refractivity contribution is -0.139. The zero-order valence-electron chi connectivity index (χ0n) is 36.1. The molecule has 2 saturated heterocycles. The molecule has 0 aliphatic carbocycles. The van der Waals surface area contributed by atoms with Crippen molar-refractivity contribution in [3.8, 4) is 5.75 Å². The molecule has 0 bridgehead atoms. The van der Waals surface area contributed by atoms with Crippen LogP contribution >= 0.6 is 0 Å². The van der Waals surface area contributed by atoms with Crippen LogP contribution in [-0.4, -0.2) is 72.9 Å². The third-order valence-electron chi connectivity index (χ3n) is 12.3. The molecule has 2 fully saturated rings. The molecular weight excluding hydrogens is 759 g/mol. The van der Waals surface area contributed by atoms with Gasteiger partial charge in [0, 0.05) is 18.9 Å². The number of carbonyl (C=O) groups is 1. The third kappa shape index (κ3) is 11.9. The van der Waals surface area contributed by atoms with Crippen molar-refractivity contribution in [1.29, 1.82) is 0 Å². The zero-order chi connectivity index (χ0) is 41.8. The maximum absolute atomic E-state index is 12.5. The fraction of sp³-hybridized carbons (Fsp3) is 0.521. The van der Waals surface area contributed by atoms with E-state index in [1.807, 2.05) is 30.3 Å². The highest BCUT2D eigenvalue weighted by molar-refractivity contribution is 6.99. The number of nitrogens with two attached hydrogens (primary N) is 1. The van der Waals surface area contributed by atoms with E-state index >= 15 is 0 Å². The minimum Gasteiger partial charge on any atom is -0.497 e. The number of ether oxygens (including phenoxy) is 4. The Hall–Kier alpha value is -3.36. The molecule has 0 unspecified atom stereocenters. The molecule has 316 valence electrons. The van der Waals surface area contributed by atoms with Gasteiger partial charge in [-0.15, -0.1) is 0 Å². The van der Waals surface area contributed by atoms with Crippen LogP contribution in [0.25, 0.3) is 0 Å². The van der Waals surface area contributed by atoms with E-state index in [0.29, 0.717) is 25.9 Å². The molecule has 0 spiro atoms. The Kier molecular flexibility index (Phi) is 16.8. The highest BCUT2D eigenvalue weighted by Gasteiger charge is 2.52. The molecule has 8 nitrogen and oxygen atoms in total. The van der Waals surface area contributed by atoms with Crippen LogP contribution in [0.4, 0.5) is 0 Å². The molecule has 58 heavy (non-hydrogen) atoms. The molecule has 5 rings (SSSR count). The van der Waals surface area contributed by atoms with Crippen molar-refractivity contribution in [1.82, 2.24) is 0 Å². The summed E-state index contributed by atoms with van der Waals surface area (Å²) in [7, 11) is -3.07. The van der Waals surface area contributed by atoms with Crippen LogP contribution < -0.4 is 20.8 Å². The van der Waals surface area contributed by atoms with Crippen molar-refractivity contribution in [2.75, 3.05) is 13.7 Å². The van der Waals surface area contributed by atoms with Crippen molar-refractivity contribution >= 4 is 33.0 Å². The summed E-state index contributed by atoms with van der Waals surface area (Å²) >= 11 is 0. The van der Waals surface area contributed by atoms with Crippen LogP contribution in [-0.2, 0) is 34.5 Å². The lowest BCUT2D eigenvalue weighted by atomic mass is 9.90. The van der Waals surface area contributed by atoms with E-state index in [1.165, 1.54) is 16.4 Å². The lowest BCUT2D eigenvalue weighted by Gasteiger charge is -2.48. The van der Waals surface area contributed by atoms with Gasteiger partial charge in [0.2, 0.25) is 0 Å². The summed E-state index contributed by atoms with van der Waals surface area (Å²) in [6, 6.07) is 32.1. The second-order valence-electron chi connectivity index (χ2n) is 17.3. The molecule has 3 aromatic rings. The molecule has 2 N–H and O–H groups in total. The normalized spacial score (nSPS) is 22.5. The first-order valence-electron chi connectivity index (χ1n) is 21.5. The largest absolute Gasteiger partial charge is 0.497 e. The fourth-order valence-corrected chi connectivity index (χ4v) is 16.2. The first kappa shape index (κ1) is 45.7. The zero-order valence-corrected chi connectivity index (χ0v) is 38.1. The van der Waals surface area contributed by atoms with Gasteiger partial charge in [0.05, 0.1) is 50.3 Å². The molecule has 0 aromatic heterocycles. The summed E-state index contributed by atoms with van der Waals surface area (Å²) in [5.41, 5.74) is 9.12. The molecule has 2 aliphatic rings. The lowest BCUT2D eigenvalue weighted by Crippen LogP contribution is -2.68. The second-order valence-corrected chi connectivity index (χ2v) is 26.3. The Morgan fingerprint density at radius 2 is 1.47 bits per heavy atom.